The van der Waals surface area contributed by atoms with Crippen molar-refractivity contribution in [1.82, 2.24) is 4.90 Å². The SMILES string of the molecule is CC1(C)CCN(CCOc2ccccc2CN)CCS1. The summed E-state index contributed by atoms with van der Waals surface area (Å²) in [6.45, 7) is 9.28. The molecule has 0 aromatic heterocycles. The Morgan fingerprint density at radius 3 is 2.90 bits per heavy atom. The van der Waals surface area contributed by atoms with Crippen LogP contribution in [0.5, 0.6) is 5.75 Å². The summed E-state index contributed by atoms with van der Waals surface area (Å²) < 4.78 is 6.31. The highest BCUT2D eigenvalue weighted by atomic mass is 32.2. The first kappa shape index (κ1) is 15.7. The van der Waals surface area contributed by atoms with Crippen molar-refractivity contribution in [2.24, 2.45) is 5.73 Å². The number of hydrogen-bond donors (Lipinski definition) is 1. The van der Waals surface area contributed by atoms with Gasteiger partial charge in [0.2, 0.25) is 0 Å². The lowest BCUT2D eigenvalue weighted by Gasteiger charge is -2.22. The summed E-state index contributed by atoms with van der Waals surface area (Å²) in [5.74, 6) is 2.14. The van der Waals surface area contributed by atoms with E-state index in [0.717, 1.165) is 31.0 Å². The molecule has 2 N–H and O–H groups in total. The van der Waals surface area contributed by atoms with Crippen LogP contribution in [0.3, 0.4) is 0 Å². The second-order valence-corrected chi connectivity index (χ2v) is 7.66. The number of para-hydroxylation sites is 1. The molecule has 0 amide bonds. The van der Waals surface area contributed by atoms with Crippen LogP contribution in [0, 0.1) is 0 Å². The zero-order valence-electron chi connectivity index (χ0n) is 12.6. The van der Waals surface area contributed by atoms with Crippen LogP contribution in [0.25, 0.3) is 0 Å². The Bertz CT molecular complexity index is 423. The van der Waals surface area contributed by atoms with Crippen molar-refractivity contribution in [1.29, 1.82) is 0 Å². The molecule has 3 nitrogen and oxygen atoms in total. The molecule has 1 aromatic rings. The maximum atomic E-state index is 5.90. The van der Waals surface area contributed by atoms with E-state index in [1.807, 2.05) is 24.3 Å². The second kappa shape index (κ2) is 7.34. The summed E-state index contributed by atoms with van der Waals surface area (Å²) in [5.41, 5.74) is 6.81. The third kappa shape index (κ3) is 4.69. The predicted octanol–water partition coefficient (Wildman–Crippen LogP) is 2.74. The highest BCUT2D eigenvalue weighted by Gasteiger charge is 2.23. The van der Waals surface area contributed by atoms with Crippen molar-refractivity contribution in [3.63, 3.8) is 0 Å². The molecule has 4 heteroatoms. The molecule has 0 spiro atoms. The van der Waals surface area contributed by atoms with Gasteiger partial charge < -0.3 is 10.5 Å². The molecular formula is C16H26N2OS. The smallest absolute Gasteiger partial charge is 0.123 e. The molecule has 0 aliphatic carbocycles. The molecule has 2 rings (SSSR count). The van der Waals surface area contributed by atoms with E-state index in [1.165, 1.54) is 18.7 Å². The van der Waals surface area contributed by atoms with Crippen molar-refractivity contribution in [2.75, 3.05) is 32.0 Å². The minimum atomic E-state index is 0.418. The molecule has 0 bridgehead atoms. The van der Waals surface area contributed by atoms with Gasteiger partial charge in [-0.05, 0) is 19.0 Å². The van der Waals surface area contributed by atoms with E-state index in [-0.39, 0.29) is 0 Å². The Balaban J connectivity index is 1.78. The quantitative estimate of drug-likeness (QED) is 0.906. The summed E-state index contributed by atoms with van der Waals surface area (Å²) in [5, 5.41) is 0. The molecule has 112 valence electrons. The van der Waals surface area contributed by atoms with Gasteiger partial charge in [0.15, 0.2) is 0 Å². The van der Waals surface area contributed by atoms with E-state index in [9.17, 15) is 0 Å². The normalized spacial score (nSPS) is 19.6. The van der Waals surface area contributed by atoms with E-state index in [0.29, 0.717) is 11.3 Å². The Labute approximate surface area is 126 Å². The topological polar surface area (TPSA) is 38.5 Å². The molecule has 20 heavy (non-hydrogen) atoms. The fourth-order valence-corrected chi connectivity index (χ4v) is 3.52. The average molecular weight is 294 g/mol. The molecule has 1 aliphatic heterocycles. The van der Waals surface area contributed by atoms with Gasteiger partial charge in [-0.3, -0.25) is 4.90 Å². The van der Waals surface area contributed by atoms with Gasteiger partial charge in [-0.2, -0.15) is 11.8 Å². The number of thioether (sulfide) groups is 1. The number of ether oxygens (including phenoxy) is 1. The summed E-state index contributed by atoms with van der Waals surface area (Å²) in [7, 11) is 0. The van der Waals surface area contributed by atoms with Crippen molar-refractivity contribution in [3.8, 4) is 5.75 Å². The lowest BCUT2D eigenvalue weighted by Crippen LogP contribution is -2.31. The van der Waals surface area contributed by atoms with Gasteiger partial charge >= 0.3 is 0 Å². The van der Waals surface area contributed by atoms with Gasteiger partial charge in [0.1, 0.15) is 12.4 Å². The minimum Gasteiger partial charge on any atom is -0.492 e. The molecule has 0 saturated carbocycles. The molecular weight excluding hydrogens is 268 g/mol. The monoisotopic (exact) mass is 294 g/mol. The van der Waals surface area contributed by atoms with Crippen LogP contribution in [0.15, 0.2) is 24.3 Å². The lowest BCUT2D eigenvalue weighted by molar-refractivity contribution is 0.213. The molecule has 0 unspecified atom stereocenters. The first-order valence-corrected chi connectivity index (χ1v) is 8.36. The minimum absolute atomic E-state index is 0.418. The molecule has 1 aliphatic rings. The Morgan fingerprint density at radius 2 is 2.10 bits per heavy atom. The van der Waals surface area contributed by atoms with E-state index in [2.05, 4.69) is 30.5 Å². The van der Waals surface area contributed by atoms with Gasteiger partial charge in [-0.15, -0.1) is 0 Å². The number of benzene rings is 1. The maximum Gasteiger partial charge on any atom is 0.123 e. The fourth-order valence-electron chi connectivity index (χ4n) is 2.38. The largest absolute Gasteiger partial charge is 0.492 e. The van der Waals surface area contributed by atoms with E-state index < -0.39 is 0 Å². The predicted molar refractivity (Wildman–Crippen MR) is 87.4 cm³/mol. The summed E-state index contributed by atoms with van der Waals surface area (Å²) >= 11 is 2.08. The van der Waals surface area contributed by atoms with Gasteiger partial charge in [0.25, 0.3) is 0 Å². The van der Waals surface area contributed by atoms with Crippen molar-refractivity contribution < 1.29 is 4.74 Å². The summed E-state index contributed by atoms with van der Waals surface area (Å²) in [6, 6.07) is 8.03. The van der Waals surface area contributed by atoms with Crippen LogP contribution in [0.1, 0.15) is 25.8 Å². The van der Waals surface area contributed by atoms with Crippen LogP contribution >= 0.6 is 11.8 Å². The summed E-state index contributed by atoms with van der Waals surface area (Å²) in [4.78, 5) is 2.51. The standard InChI is InChI=1S/C16H26N2OS/c1-16(2)7-8-18(10-12-20-16)9-11-19-15-6-4-3-5-14(15)13-17/h3-6H,7-13,17H2,1-2H3. The van der Waals surface area contributed by atoms with Crippen LogP contribution < -0.4 is 10.5 Å². The van der Waals surface area contributed by atoms with Crippen LogP contribution in [0.4, 0.5) is 0 Å². The van der Waals surface area contributed by atoms with Crippen LogP contribution in [-0.2, 0) is 6.54 Å². The maximum absolute atomic E-state index is 5.90. The highest BCUT2D eigenvalue weighted by Crippen LogP contribution is 2.30. The first-order valence-electron chi connectivity index (χ1n) is 7.38. The highest BCUT2D eigenvalue weighted by molar-refractivity contribution is 8.00. The average Bonchev–Trinajstić information content (AvgIpc) is 2.61. The van der Waals surface area contributed by atoms with Gasteiger partial charge in [-0.25, -0.2) is 0 Å². The van der Waals surface area contributed by atoms with E-state index in [4.69, 9.17) is 10.5 Å². The summed E-state index contributed by atoms with van der Waals surface area (Å²) in [6.07, 6.45) is 1.25. The Hall–Kier alpha value is -0.710. The molecule has 1 aromatic carbocycles. The Kier molecular flexibility index (Phi) is 5.75. The molecule has 1 fully saturated rings. The van der Waals surface area contributed by atoms with Gasteiger partial charge in [0, 0.05) is 35.7 Å². The van der Waals surface area contributed by atoms with Crippen LogP contribution in [-0.4, -0.2) is 41.6 Å². The molecule has 1 saturated heterocycles. The zero-order valence-corrected chi connectivity index (χ0v) is 13.4. The second-order valence-electron chi connectivity index (χ2n) is 5.86. The van der Waals surface area contributed by atoms with E-state index >= 15 is 0 Å². The van der Waals surface area contributed by atoms with Gasteiger partial charge in [-0.1, -0.05) is 32.0 Å². The van der Waals surface area contributed by atoms with Crippen molar-refractivity contribution >= 4 is 11.8 Å². The van der Waals surface area contributed by atoms with E-state index in [1.54, 1.807) is 0 Å². The number of nitrogens with two attached hydrogens (primary N) is 1. The Morgan fingerprint density at radius 1 is 1.30 bits per heavy atom. The fraction of sp³-hybridized carbons (Fsp3) is 0.625. The zero-order chi connectivity index (χ0) is 14.4. The molecule has 1 heterocycles. The van der Waals surface area contributed by atoms with Crippen molar-refractivity contribution in [2.45, 2.75) is 31.6 Å². The molecule has 0 atom stereocenters. The number of hydrogen-bond acceptors (Lipinski definition) is 4. The number of rotatable bonds is 5. The third-order valence-electron chi connectivity index (χ3n) is 3.79. The van der Waals surface area contributed by atoms with Gasteiger partial charge in [0.05, 0.1) is 0 Å². The third-order valence-corrected chi connectivity index (χ3v) is 5.16. The lowest BCUT2D eigenvalue weighted by atomic mass is 10.1. The molecule has 0 radical (unpaired) electrons. The first-order chi connectivity index (χ1) is 9.61. The number of nitrogens with zero attached hydrogens (tertiary/aromatic N) is 1. The van der Waals surface area contributed by atoms with Crippen molar-refractivity contribution in [3.05, 3.63) is 29.8 Å². The van der Waals surface area contributed by atoms with Crippen LogP contribution in [0.2, 0.25) is 0 Å².